The summed E-state index contributed by atoms with van der Waals surface area (Å²) in [6.07, 6.45) is -1.48. The molecule has 0 atom stereocenters. The standard InChI is InChI=1S/C24H28F2N8O3S2/c1-14(2)11-18(35)34-9-7-33(8-10-34)17-13-15(39(36,37)31-24(27-3)5-6-24)12-16-19(30-32(4)20(16)17)22-28-29-23(38-22)21(25)26/h12-14,21,31H,5-11H2,1-2,4H3. The quantitative estimate of drug-likeness (QED) is 0.407. The fourth-order valence-corrected chi connectivity index (χ4v) is 6.79. The van der Waals surface area contributed by atoms with Crippen LogP contribution in [0.1, 0.15) is 44.5 Å². The number of carbonyl (C=O) groups excluding carboxylic acids is 1. The largest absolute Gasteiger partial charge is 0.366 e. The van der Waals surface area contributed by atoms with Crippen LogP contribution in [0.5, 0.6) is 0 Å². The monoisotopic (exact) mass is 578 g/mol. The molecule has 0 radical (unpaired) electrons. The second-order valence-electron chi connectivity index (χ2n) is 10.3. The Hall–Kier alpha value is -3.22. The minimum absolute atomic E-state index is 0.0638. The summed E-state index contributed by atoms with van der Waals surface area (Å²) < 4.78 is 57.4. The van der Waals surface area contributed by atoms with Crippen molar-refractivity contribution >= 4 is 43.9 Å². The van der Waals surface area contributed by atoms with Gasteiger partial charge in [0.1, 0.15) is 5.69 Å². The Bertz CT molecular complexity index is 1570. The van der Waals surface area contributed by atoms with Gasteiger partial charge in [-0.1, -0.05) is 25.2 Å². The number of amides is 1. The van der Waals surface area contributed by atoms with Crippen LogP contribution in [0.2, 0.25) is 0 Å². The highest BCUT2D eigenvalue weighted by atomic mass is 32.2. The molecule has 0 bridgehead atoms. The molecule has 3 heterocycles. The number of rotatable bonds is 8. The lowest BCUT2D eigenvalue weighted by Crippen LogP contribution is -2.49. The van der Waals surface area contributed by atoms with Gasteiger partial charge in [0.25, 0.3) is 12.1 Å². The van der Waals surface area contributed by atoms with Gasteiger partial charge in [-0.25, -0.2) is 23.8 Å². The number of sulfonamides is 1. The van der Waals surface area contributed by atoms with E-state index in [1.807, 2.05) is 23.6 Å². The van der Waals surface area contributed by atoms with Gasteiger partial charge in [-0.2, -0.15) is 5.10 Å². The number of piperazine rings is 1. The summed E-state index contributed by atoms with van der Waals surface area (Å²) in [5.74, 6) is 0.326. The molecule has 208 valence electrons. The van der Waals surface area contributed by atoms with Crippen LogP contribution >= 0.6 is 11.3 Å². The third-order valence-corrected chi connectivity index (χ3v) is 9.29. The molecule has 1 aromatic carbocycles. The second kappa shape index (κ2) is 10.1. The van der Waals surface area contributed by atoms with Crippen molar-refractivity contribution in [2.45, 2.75) is 50.1 Å². The van der Waals surface area contributed by atoms with E-state index >= 15 is 0 Å². The van der Waals surface area contributed by atoms with Crippen LogP contribution in [0.3, 0.4) is 0 Å². The molecular formula is C24H28F2N8O3S2. The summed E-state index contributed by atoms with van der Waals surface area (Å²) in [7, 11) is -2.41. The maximum absolute atomic E-state index is 13.4. The Labute approximate surface area is 228 Å². The van der Waals surface area contributed by atoms with Gasteiger partial charge in [-0.15, -0.1) is 14.9 Å². The van der Waals surface area contributed by atoms with Gasteiger partial charge in [0.15, 0.2) is 10.0 Å². The molecule has 11 nitrogen and oxygen atoms in total. The number of benzene rings is 1. The van der Waals surface area contributed by atoms with E-state index in [0.29, 0.717) is 73.4 Å². The first kappa shape index (κ1) is 27.4. The highest BCUT2D eigenvalue weighted by Gasteiger charge is 2.54. The first-order valence-electron chi connectivity index (χ1n) is 12.5. The Morgan fingerprint density at radius 2 is 1.90 bits per heavy atom. The van der Waals surface area contributed by atoms with Crippen LogP contribution in [0.25, 0.3) is 26.4 Å². The van der Waals surface area contributed by atoms with Gasteiger partial charge in [-0.05, 0) is 18.1 Å². The van der Waals surface area contributed by atoms with Gasteiger partial charge in [0.05, 0.1) is 28.9 Å². The van der Waals surface area contributed by atoms with Crippen molar-refractivity contribution in [1.82, 2.24) is 29.6 Å². The molecular weight excluding hydrogens is 550 g/mol. The number of aromatic nitrogens is 4. The van der Waals surface area contributed by atoms with Crippen molar-refractivity contribution in [3.8, 4) is 10.7 Å². The Morgan fingerprint density at radius 1 is 1.21 bits per heavy atom. The lowest BCUT2D eigenvalue weighted by molar-refractivity contribution is -0.132. The molecule has 0 unspecified atom stereocenters. The number of halogens is 2. The molecule has 1 amide bonds. The number of fused-ring (bicyclic) bond motifs is 1. The Balaban J connectivity index is 1.58. The zero-order valence-electron chi connectivity index (χ0n) is 21.7. The van der Waals surface area contributed by atoms with E-state index in [-0.39, 0.29) is 27.4 Å². The van der Waals surface area contributed by atoms with Crippen LogP contribution in [0.15, 0.2) is 17.0 Å². The number of anilines is 1. The topological polar surface area (TPSA) is 118 Å². The first-order chi connectivity index (χ1) is 18.4. The average molecular weight is 579 g/mol. The number of aryl methyl sites for hydroxylation is 1. The normalized spacial score (nSPS) is 17.3. The van der Waals surface area contributed by atoms with Crippen molar-refractivity contribution in [2.75, 3.05) is 31.1 Å². The molecule has 1 saturated heterocycles. The van der Waals surface area contributed by atoms with Gasteiger partial charge in [-0.3, -0.25) is 14.3 Å². The predicted octanol–water partition coefficient (Wildman–Crippen LogP) is 3.41. The number of carbonyl (C=O) groups is 1. The molecule has 1 aliphatic carbocycles. The second-order valence-corrected chi connectivity index (χ2v) is 13.0. The maximum Gasteiger partial charge on any atom is 0.299 e. The molecule has 2 aliphatic rings. The molecule has 1 aliphatic heterocycles. The van der Waals surface area contributed by atoms with Gasteiger partial charge in [0, 0.05) is 45.0 Å². The molecule has 2 fully saturated rings. The van der Waals surface area contributed by atoms with Gasteiger partial charge >= 0.3 is 0 Å². The summed E-state index contributed by atoms with van der Waals surface area (Å²) in [5.41, 5.74) is 0.286. The first-order valence-corrected chi connectivity index (χ1v) is 14.8. The van der Waals surface area contributed by atoms with Crippen molar-refractivity contribution in [3.05, 3.63) is 28.6 Å². The van der Waals surface area contributed by atoms with Crippen molar-refractivity contribution < 1.29 is 22.0 Å². The van der Waals surface area contributed by atoms with E-state index in [2.05, 4.69) is 24.9 Å². The average Bonchev–Trinajstić information content (AvgIpc) is 3.31. The minimum atomic E-state index is -4.10. The highest BCUT2D eigenvalue weighted by molar-refractivity contribution is 7.89. The number of nitrogens with zero attached hydrogens (tertiary/aromatic N) is 7. The Kier molecular flexibility index (Phi) is 7.06. The molecule has 39 heavy (non-hydrogen) atoms. The molecule has 2 aromatic heterocycles. The third kappa shape index (κ3) is 5.32. The third-order valence-electron chi connectivity index (χ3n) is 6.85. The van der Waals surface area contributed by atoms with Crippen LogP contribution in [0.4, 0.5) is 14.5 Å². The highest BCUT2D eigenvalue weighted by Crippen LogP contribution is 2.41. The smallest absolute Gasteiger partial charge is 0.299 e. The number of hydrogen-bond acceptors (Lipinski definition) is 8. The summed E-state index contributed by atoms with van der Waals surface area (Å²) >= 11 is 0.698. The lowest BCUT2D eigenvalue weighted by atomic mass is 10.1. The van der Waals surface area contributed by atoms with Gasteiger partial charge < -0.3 is 9.80 Å². The fourth-order valence-electron chi connectivity index (χ4n) is 4.68. The summed E-state index contributed by atoms with van der Waals surface area (Å²) in [4.78, 5) is 19.8. The predicted molar refractivity (Wildman–Crippen MR) is 142 cm³/mol. The van der Waals surface area contributed by atoms with E-state index in [1.165, 1.54) is 6.07 Å². The van der Waals surface area contributed by atoms with Crippen LogP contribution in [-0.2, 0) is 21.9 Å². The molecule has 1 saturated carbocycles. The van der Waals surface area contributed by atoms with E-state index in [9.17, 15) is 22.0 Å². The number of alkyl halides is 2. The zero-order valence-corrected chi connectivity index (χ0v) is 23.3. The van der Waals surface area contributed by atoms with Crippen molar-refractivity contribution in [3.63, 3.8) is 0 Å². The van der Waals surface area contributed by atoms with Crippen LogP contribution in [-0.4, -0.2) is 71.0 Å². The Morgan fingerprint density at radius 3 is 2.46 bits per heavy atom. The molecule has 1 N–H and O–H groups in total. The fraction of sp³-hybridized carbons (Fsp3) is 0.542. The van der Waals surface area contributed by atoms with E-state index in [1.54, 1.807) is 17.8 Å². The molecule has 3 aromatic rings. The number of hydrogen-bond donors (Lipinski definition) is 1. The number of nitrogens with one attached hydrogen (secondary N) is 1. The summed E-state index contributed by atoms with van der Waals surface area (Å²) in [6.45, 7) is 13.3. The minimum Gasteiger partial charge on any atom is -0.366 e. The molecule has 15 heteroatoms. The lowest BCUT2D eigenvalue weighted by Gasteiger charge is -2.37. The van der Waals surface area contributed by atoms with Gasteiger partial charge in [0.2, 0.25) is 15.9 Å². The van der Waals surface area contributed by atoms with Crippen LogP contribution in [0, 0.1) is 12.5 Å². The zero-order chi connectivity index (χ0) is 28.1. The van der Waals surface area contributed by atoms with Crippen molar-refractivity contribution in [2.24, 2.45) is 13.0 Å². The maximum atomic E-state index is 13.4. The van der Waals surface area contributed by atoms with E-state index in [0.717, 1.165) is 0 Å². The molecule has 5 rings (SSSR count). The summed E-state index contributed by atoms with van der Waals surface area (Å²) in [5, 5.41) is 12.1. The van der Waals surface area contributed by atoms with Crippen molar-refractivity contribution in [1.29, 1.82) is 0 Å². The van der Waals surface area contributed by atoms with E-state index in [4.69, 9.17) is 6.57 Å². The van der Waals surface area contributed by atoms with Crippen LogP contribution < -0.4 is 9.62 Å². The van der Waals surface area contributed by atoms with E-state index < -0.39 is 27.1 Å². The SMILES string of the molecule is [C-]#[N+]C1(NS(=O)(=O)c2cc(N3CCN(C(=O)CC(C)C)CC3)c3c(c2)c(-c2nnc(C(F)F)s2)nn3C)CC1. The molecule has 0 spiro atoms. The summed E-state index contributed by atoms with van der Waals surface area (Å²) in [6, 6.07) is 2.99.